The number of carbonyl (C=O) groups excluding carboxylic acids is 1. The number of nitrogens with one attached hydrogen (secondary N) is 4. The largest absolute Gasteiger partial charge is 0.361 e. The van der Waals surface area contributed by atoms with Gasteiger partial charge in [0.25, 0.3) is 0 Å². The third-order valence-electron chi connectivity index (χ3n) is 5.88. The molecule has 3 aromatic rings. The van der Waals surface area contributed by atoms with E-state index >= 15 is 0 Å². The molecule has 1 aromatic heterocycles. The fourth-order valence-corrected chi connectivity index (χ4v) is 4.30. The number of guanidine groups is 1. The van der Waals surface area contributed by atoms with E-state index in [0.29, 0.717) is 13.0 Å². The smallest absolute Gasteiger partial charge is 0.225 e. The van der Waals surface area contributed by atoms with Gasteiger partial charge in [0, 0.05) is 48.2 Å². The van der Waals surface area contributed by atoms with Gasteiger partial charge in [-0.2, -0.15) is 0 Å². The van der Waals surface area contributed by atoms with Crippen LogP contribution >= 0.6 is 0 Å². The number of aromatic amines is 1. The van der Waals surface area contributed by atoms with E-state index in [0.717, 1.165) is 43.1 Å². The molecule has 162 valence electrons. The number of amides is 1. The topological polar surface area (TPSA) is 81.3 Å². The molecule has 4 N–H and O–H groups in total. The summed E-state index contributed by atoms with van der Waals surface area (Å²) in [6.45, 7) is 6.40. The molecular weight excluding hydrogens is 386 g/mol. The van der Waals surface area contributed by atoms with Gasteiger partial charge in [-0.25, -0.2) is 0 Å². The van der Waals surface area contributed by atoms with Gasteiger partial charge in [0.1, 0.15) is 0 Å². The van der Waals surface area contributed by atoms with Gasteiger partial charge in [-0.05, 0) is 42.5 Å². The Hall–Kier alpha value is -3.28. The van der Waals surface area contributed by atoms with Crippen LogP contribution in [0.1, 0.15) is 42.9 Å². The molecule has 0 radical (unpaired) electrons. The number of aliphatic imine (C=N–C) groups is 1. The fourth-order valence-electron chi connectivity index (χ4n) is 4.30. The molecule has 0 saturated carbocycles. The molecule has 1 unspecified atom stereocenters. The van der Waals surface area contributed by atoms with E-state index < -0.39 is 0 Å². The Morgan fingerprint density at radius 3 is 2.81 bits per heavy atom. The SMILES string of the molecule is CCNC(=NCC1CC(=O)Nc2ccccc21)NCCc1c[nH]c2c(CC)cccc12. The van der Waals surface area contributed by atoms with Gasteiger partial charge < -0.3 is 20.9 Å². The van der Waals surface area contributed by atoms with Crippen molar-refractivity contribution in [3.05, 3.63) is 65.4 Å². The summed E-state index contributed by atoms with van der Waals surface area (Å²) in [5, 5.41) is 11.0. The number of carbonyl (C=O) groups is 1. The Balaban J connectivity index is 1.41. The number of hydrogen-bond acceptors (Lipinski definition) is 2. The maximum Gasteiger partial charge on any atom is 0.225 e. The van der Waals surface area contributed by atoms with Crippen molar-refractivity contribution in [1.29, 1.82) is 0 Å². The van der Waals surface area contributed by atoms with Crippen molar-refractivity contribution in [1.82, 2.24) is 15.6 Å². The normalized spacial score (nSPS) is 16.1. The van der Waals surface area contributed by atoms with Crippen LogP contribution < -0.4 is 16.0 Å². The van der Waals surface area contributed by atoms with Crippen LogP contribution in [-0.2, 0) is 17.6 Å². The van der Waals surface area contributed by atoms with Crippen LogP contribution in [0.3, 0.4) is 0 Å². The standard InChI is InChI=1S/C25H31N5O/c1-3-17-8-7-10-21-18(15-28-24(17)21)12-13-27-25(26-4-2)29-16-19-14-23(31)30-22-11-6-5-9-20(19)22/h5-11,15,19,28H,3-4,12-14,16H2,1-2H3,(H,30,31)(H2,26,27,29). The predicted octanol–water partition coefficient (Wildman–Crippen LogP) is 3.95. The van der Waals surface area contributed by atoms with Crippen molar-refractivity contribution in [2.24, 2.45) is 4.99 Å². The number of aryl methyl sites for hydroxylation is 1. The van der Waals surface area contributed by atoms with E-state index in [9.17, 15) is 4.79 Å². The van der Waals surface area contributed by atoms with Crippen molar-refractivity contribution in [2.45, 2.75) is 39.0 Å². The number of nitrogens with zero attached hydrogens (tertiary/aromatic N) is 1. The second-order valence-corrected chi connectivity index (χ2v) is 7.94. The first-order valence-corrected chi connectivity index (χ1v) is 11.2. The number of fused-ring (bicyclic) bond motifs is 2. The Bertz CT molecular complexity index is 1080. The van der Waals surface area contributed by atoms with Gasteiger partial charge in [0.05, 0.1) is 6.54 Å². The summed E-state index contributed by atoms with van der Waals surface area (Å²) in [5.74, 6) is 0.948. The molecule has 0 fully saturated rings. The molecule has 1 atom stereocenters. The highest BCUT2D eigenvalue weighted by atomic mass is 16.1. The fraction of sp³-hybridized carbons (Fsp3) is 0.360. The lowest BCUT2D eigenvalue weighted by atomic mass is 9.91. The Morgan fingerprint density at radius 1 is 1.10 bits per heavy atom. The molecule has 1 aliphatic heterocycles. The minimum atomic E-state index is 0.0580. The predicted molar refractivity (Wildman–Crippen MR) is 128 cm³/mol. The second kappa shape index (κ2) is 9.69. The number of anilines is 1. The Labute approximate surface area is 183 Å². The average Bonchev–Trinajstić information content (AvgIpc) is 3.20. The van der Waals surface area contributed by atoms with Crippen LogP contribution in [0.25, 0.3) is 10.9 Å². The number of hydrogen-bond donors (Lipinski definition) is 4. The van der Waals surface area contributed by atoms with Gasteiger partial charge in [-0.15, -0.1) is 0 Å². The van der Waals surface area contributed by atoms with Gasteiger partial charge >= 0.3 is 0 Å². The highest BCUT2D eigenvalue weighted by molar-refractivity contribution is 5.94. The molecule has 1 amide bonds. The minimum absolute atomic E-state index is 0.0580. The van der Waals surface area contributed by atoms with Crippen LogP contribution in [0, 0.1) is 0 Å². The number of aromatic nitrogens is 1. The highest BCUT2D eigenvalue weighted by Crippen LogP contribution is 2.32. The van der Waals surface area contributed by atoms with Crippen molar-refractivity contribution in [3.8, 4) is 0 Å². The van der Waals surface area contributed by atoms with Gasteiger partial charge in [0.2, 0.25) is 5.91 Å². The molecule has 0 spiro atoms. The zero-order valence-corrected chi connectivity index (χ0v) is 18.3. The molecule has 0 saturated heterocycles. The summed E-state index contributed by atoms with van der Waals surface area (Å²) >= 11 is 0. The molecule has 31 heavy (non-hydrogen) atoms. The highest BCUT2D eigenvalue weighted by Gasteiger charge is 2.24. The van der Waals surface area contributed by atoms with Crippen molar-refractivity contribution >= 4 is 28.5 Å². The zero-order chi connectivity index (χ0) is 21.6. The summed E-state index contributed by atoms with van der Waals surface area (Å²) in [6.07, 6.45) is 4.52. The summed E-state index contributed by atoms with van der Waals surface area (Å²) in [4.78, 5) is 20.3. The zero-order valence-electron chi connectivity index (χ0n) is 18.3. The summed E-state index contributed by atoms with van der Waals surface area (Å²) in [5.41, 5.74) is 5.97. The number of benzene rings is 2. The monoisotopic (exact) mass is 417 g/mol. The van der Waals surface area contributed by atoms with Crippen molar-refractivity contribution in [3.63, 3.8) is 0 Å². The van der Waals surface area contributed by atoms with Gasteiger partial charge in [-0.3, -0.25) is 9.79 Å². The van der Waals surface area contributed by atoms with E-state index in [1.54, 1.807) is 0 Å². The van der Waals surface area contributed by atoms with E-state index in [-0.39, 0.29) is 11.8 Å². The Morgan fingerprint density at radius 2 is 1.97 bits per heavy atom. The van der Waals surface area contributed by atoms with E-state index in [1.165, 1.54) is 22.0 Å². The molecule has 2 heterocycles. The third kappa shape index (κ3) is 4.74. The van der Waals surface area contributed by atoms with E-state index in [1.807, 2.05) is 18.2 Å². The maximum absolute atomic E-state index is 12.1. The molecule has 6 heteroatoms. The molecular formula is C25H31N5O. The van der Waals surface area contributed by atoms with Crippen LogP contribution in [0.5, 0.6) is 0 Å². The first-order chi connectivity index (χ1) is 15.2. The van der Waals surface area contributed by atoms with E-state index in [2.05, 4.69) is 65.2 Å². The molecule has 0 bridgehead atoms. The number of H-pyrrole nitrogens is 1. The molecule has 6 nitrogen and oxygen atoms in total. The average molecular weight is 418 g/mol. The van der Waals surface area contributed by atoms with E-state index in [4.69, 9.17) is 4.99 Å². The van der Waals surface area contributed by atoms with Crippen molar-refractivity contribution in [2.75, 3.05) is 25.0 Å². The molecule has 0 aliphatic carbocycles. The first kappa shape index (κ1) is 21.0. The summed E-state index contributed by atoms with van der Waals surface area (Å²) in [7, 11) is 0. The minimum Gasteiger partial charge on any atom is -0.361 e. The van der Waals surface area contributed by atoms with Crippen LogP contribution in [0.4, 0.5) is 5.69 Å². The molecule has 4 rings (SSSR count). The summed E-state index contributed by atoms with van der Waals surface area (Å²) in [6, 6.07) is 14.5. The van der Waals surface area contributed by atoms with Gasteiger partial charge in [0.15, 0.2) is 5.96 Å². The molecule has 2 aromatic carbocycles. The lowest BCUT2D eigenvalue weighted by Crippen LogP contribution is -2.38. The van der Waals surface area contributed by atoms with Crippen LogP contribution in [-0.4, -0.2) is 36.5 Å². The number of rotatable bonds is 7. The second-order valence-electron chi connectivity index (χ2n) is 7.94. The van der Waals surface area contributed by atoms with Crippen LogP contribution in [0.2, 0.25) is 0 Å². The lowest BCUT2D eigenvalue weighted by Gasteiger charge is -2.24. The number of para-hydroxylation sites is 2. The van der Waals surface area contributed by atoms with Crippen molar-refractivity contribution < 1.29 is 4.79 Å². The lowest BCUT2D eigenvalue weighted by molar-refractivity contribution is -0.116. The first-order valence-electron chi connectivity index (χ1n) is 11.2. The summed E-state index contributed by atoms with van der Waals surface area (Å²) < 4.78 is 0. The van der Waals surface area contributed by atoms with Gasteiger partial charge in [-0.1, -0.05) is 43.3 Å². The van der Waals surface area contributed by atoms with Crippen LogP contribution in [0.15, 0.2) is 53.7 Å². The maximum atomic E-state index is 12.1. The quantitative estimate of drug-likeness (QED) is 0.347. The Kier molecular flexibility index (Phi) is 6.55. The third-order valence-corrected chi connectivity index (χ3v) is 5.88. The molecule has 1 aliphatic rings.